The number of hydrogen-bond acceptors (Lipinski definition) is 0. The summed E-state index contributed by atoms with van der Waals surface area (Å²) in [4.78, 5) is 0. The Bertz CT molecular complexity index is 176. The zero-order valence-corrected chi connectivity index (χ0v) is 8.98. The van der Waals surface area contributed by atoms with Gasteiger partial charge in [0.1, 0.15) is 0 Å². The van der Waals surface area contributed by atoms with Crippen LogP contribution in [0.15, 0.2) is 11.1 Å². The van der Waals surface area contributed by atoms with E-state index in [2.05, 4.69) is 27.7 Å². The Morgan fingerprint density at radius 2 is 2.08 bits per heavy atom. The summed E-state index contributed by atoms with van der Waals surface area (Å²) < 4.78 is 0. The SMILES string of the molecule is CCCC(C)=C1CCC(C)C1C. The first kappa shape index (κ1) is 9.83. The molecule has 0 aromatic heterocycles. The highest BCUT2D eigenvalue weighted by Crippen LogP contribution is 2.38. The molecule has 2 atom stereocenters. The summed E-state index contributed by atoms with van der Waals surface area (Å²) in [7, 11) is 0. The van der Waals surface area contributed by atoms with E-state index in [1.165, 1.54) is 25.7 Å². The molecule has 12 heavy (non-hydrogen) atoms. The van der Waals surface area contributed by atoms with E-state index in [0.717, 1.165) is 11.8 Å². The Balaban J connectivity index is 2.68. The van der Waals surface area contributed by atoms with Gasteiger partial charge >= 0.3 is 0 Å². The topological polar surface area (TPSA) is 0 Å². The molecule has 0 aromatic carbocycles. The third-order valence-corrected chi connectivity index (χ3v) is 3.45. The van der Waals surface area contributed by atoms with Gasteiger partial charge in [0, 0.05) is 0 Å². The van der Waals surface area contributed by atoms with Gasteiger partial charge in [0.25, 0.3) is 0 Å². The number of rotatable bonds is 2. The molecule has 0 bridgehead atoms. The molecule has 0 aliphatic heterocycles. The summed E-state index contributed by atoms with van der Waals surface area (Å²) in [6.45, 7) is 9.38. The Kier molecular flexibility index (Phi) is 3.37. The van der Waals surface area contributed by atoms with Crippen LogP contribution in [-0.2, 0) is 0 Å². The van der Waals surface area contributed by atoms with Gasteiger partial charge in [-0.05, 0) is 38.0 Å². The first-order chi connectivity index (χ1) is 5.66. The van der Waals surface area contributed by atoms with E-state index in [1.807, 2.05) is 0 Å². The van der Waals surface area contributed by atoms with E-state index in [-0.39, 0.29) is 0 Å². The van der Waals surface area contributed by atoms with Crippen molar-refractivity contribution in [3.63, 3.8) is 0 Å². The lowest BCUT2D eigenvalue weighted by molar-refractivity contribution is 0.491. The van der Waals surface area contributed by atoms with Crippen LogP contribution < -0.4 is 0 Å². The average Bonchev–Trinajstić information content (AvgIpc) is 2.34. The van der Waals surface area contributed by atoms with Crippen LogP contribution in [0.25, 0.3) is 0 Å². The summed E-state index contributed by atoms with van der Waals surface area (Å²) in [6, 6.07) is 0. The minimum Gasteiger partial charge on any atom is -0.0739 e. The third kappa shape index (κ3) is 1.91. The summed E-state index contributed by atoms with van der Waals surface area (Å²) in [5, 5.41) is 0. The van der Waals surface area contributed by atoms with Crippen LogP contribution in [-0.4, -0.2) is 0 Å². The van der Waals surface area contributed by atoms with Gasteiger partial charge < -0.3 is 0 Å². The minimum absolute atomic E-state index is 0.858. The first-order valence-corrected chi connectivity index (χ1v) is 5.35. The molecule has 0 spiro atoms. The second-order valence-electron chi connectivity index (χ2n) is 4.36. The third-order valence-electron chi connectivity index (χ3n) is 3.45. The van der Waals surface area contributed by atoms with Crippen molar-refractivity contribution < 1.29 is 0 Å². The van der Waals surface area contributed by atoms with Crippen molar-refractivity contribution in [3.05, 3.63) is 11.1 Å². The van der Waals surface area contributed by atoms with Crippen LogP contribution in [0.4, 0.5) is 0 Å². The quantitative estimate of drug-likeness (QED) is 0.540. The molecule has 1 rings (SSSR count). The van der Waals surface area contributed by atoms with E-state index < -0.39 is 0 Å². The smallest absolute Gasteiger partial charge is 0.0203 e. The summed E-state index contributed by atoms with van der Waals surface area (Å²) in [6.07, 6.45) is 5.40. The Labute approximate surface area is 77.1 Å². The molecule has 1 aliphatic carbocycles. The molecular weight excluding hydrogens is 144 g/mol. The monoisotopic (exact) mass is 166 g/mol. The van der Waals surface area contributed by atoms with Crippen molar-refractivity contribution >= 4 is 0 Å². The zero-order valence-electron chi connectivity index (χ0n) is 8.98. The fourth-order valence-electron chi connectivity index (χ4n) is 2.34. The van der Waals surface area contributed by atoms with Gasteiger partial charge in [0.15, 0.2) is 0 Å². The maximum atomic E-state index is 2.40. The molecule has 70 valence electrons. The van der Waals surface area contributed by atoms with E-state index >= 15 is 0 Å². The van der Waals surface area contributed by atoms with Crippen molar-refractivity contribution in [2.45, 2.75) is 53.4 Å². The lowest BCUT2D eigenvalue weighted by atomic mass is 9.93. The largest absolute Gasteiger partial charge is 0.0739 e. The molecule has 0 heteroatoms. The second kappa shape index (κ2) is 4.11. The zero-order chi connectivity index (χ0) is 9.14. The summed E-state index contributed by atoms with van der Waals surface area (Å²) in [5.41, 5.74) is 3.44. The van der Waals surface area contributed by atoms with Crippen LogP contribution in [0.2, 0.25) is 0 Å². The maximum Gasteiger partial charge on any atom is -0.0203 e. The highest BCUT2D eigenvalue weighted by Gasteiger charge is 2.24. The molecule has 1 saturated carbocycles. The number of hydrogen-bond donors (Lipinski definition) is 0. The van der Waals surface area contributed by atoms with Gasteiger partial charge in [-0.3, -0.25) is 0 Å². The highest BCUT2D eigenvalue weighted by molar-refractivity contribution is 5.19. The lowest BCUT2D eigenvalue weighted by Crippen LogP contribution is -2.01. The second-order valence-corrected chi connectivity index (χ2v) is 4.36. The summed E-state index contributed by atoms with van der Waals surface area (Å²) >= 11 is 0. The fourth-order valence-corrected chi connectivity index (χ4v) is 2.34. The average molecular weight is 166 g/mol. The number of allylic oxidation sites excluding steroid dienone is 2. The van der Waals surface area contributed by atoms with Crippen LogP contribution in [0.3, 0.4) is 0 Å². The van der Waals surface area contributed by atoms with E-state index in [0.29, 0.717) is 0 Å². The van der Waals surface area contributed by atoms with Crippen molar-refractivity contribution in [2.75, 3.05) is 0 Å². The van der Waals surface area contributed by atoms with Crippen molar-refractivity contribution in [1.29, 1.82) is 0 Å². The normalized spacial score (nSPS) is 34.0. The molecule has 0 N–H and O–H groups in total. The minimum atomic E-state index is 0.858. The van der Waals surface area contributed by atoms with Crippen LogP contribution in [0.1, 0.15) is 53.4 Å². The van der Waals surface area contributed by atoms with Crippen molar-refractivity contribution in [2.24, 2.45) is 11.8 Å². The van der Waals surface area contributed by atoms with E-state index in [1.54, 1.807) is 11.1 Å². The Morgan fingerprint density at radius 3 is 2.50 bits per heavy atom. The molecule has 1 fully saturated rings. The molecule has 0 aromatic rings. The Hall–Kier alpha value is -0.260. The predicted octanol–water partition coefficient (Wildman–Crippen LogP) is 4.17. The van der Waals surface area contributed by atoms with E-state index in [9.17, 15) is 0 Å². The molecule has 0 radical (unpaired) electrons. The fraction of sp³-hybridized carbons (Fsp3) is 0.833. The van der Waals surface area contributed by atoms with Crippen LogP contribution in [0.5, 0.6) is 0 Å². The molecular formula is C12H22. The van der Waals surface area contributed by atoms with Crippen LogP contribution >= 0.6 is 0 Å². The van der Waals surface area contributed by atoms with Gasteiger partial charge in [-0.15, -0.1) is 0 Å². The molecule has 0 nitrogen and oxygen atoms in total. The van der Waals surface area contributed by atoms with Gasteiger partial charge in [0.05, 0.1) is 0 Å². The molecule has 2 unspecified atom stereocenters. The molecule has 0 amide bonds. The standard InChI is InChI=1S/C12H22/c1-5-6-10(3)12-8-7-9(2)11(12)4/h9,11H,5-8H2,1-4H3. The predicted molar refractivity (Wildman–Crippen MR) is 55.2 cm³/mol. The lowest BCUT2D eigenvalue weighted by Gasteiger charge is -2.13. The van der Waals surface area contributed by atoms with Gasteiger partial charge in [0.2, 0.25) is 0 Å². The van der Waals surface area contributed by atoms with E-state index in [4.69, 9.17) is 0 Å². The van der Waals surface area contributed by atoms with Gasteiger partial charge in [-0.1, -0.05) is 38.3 Å². The maximum absolute atomic E-state index is 2.40. The van der Waals surface area contributed by atoms with Crippen LogP contribution in [0, 0.1) is 11.8 Å². The van der Waals surface area contributed by atoms with Crippen molar-refractivity contribution in [1.82, 2.24) is 0 Å². The molecule has 0 heterocycles. The summed E-state index contributed by atoms with van der Waals surface area (Å²) in [5.74, 6) is 1.78. The Morgan fingerprint density at radius 1 is 1.42 bits per heavy atom. The highest BCUT2D eigenvalue weighted by atomic mass is 14.3. The molecule has 1 aliphatic rings. The van der Waals surface area contributed by atoms with Crippen molar-refractivity contribution in [3.8, 4) is 0 Å². The van der Waals surface area contributed by atoms with Gasteiger partial charge in [-0.25, -0.2) is 0 Å². The van der Waals surface area contributed by atoms with Gasteiger partial charge in [-0.2, -0.15) is 0 Å². The molecule has 0 saturated heterocycles. The first-order valence-electron chi connectivity index (χ1n) is 5.35.